The number of halogens is 1. The molecule has 0 spiro atoms. The van der Waals surface area contributed by atoms with Crippen LogP contribution in [-0.2, 0) is 4.79 Å². The Balaban J connectivity index is 1.47. The maximum atomic E-state index is 14.4. The first-order valence-electron chi connectivity index (χ1n) is 13.6. The third-order valence-electron chi connectivity index (χ3n) is 9.14. The van der Waals surface area contributed by atoms with Crippen molar-refractivity contribution in [2.45, 2.75) is 50.5 Å². The van der Waals surface area contributed by atoms with Crippen LogP contribution in [0.5, 0.6) is 5.75 Å². The van der Waals surface area contributed by atoms with Gasteiger partial charge in [-0.15, -0.1) is 0 Å². The third kappa shape index (κ3) is 4.37. The van der Waals surface area contributed by atoms with Crippen LogP contribution in [0.1, 0.15) is 59.5 Å². The van der Waals surface area contributed by atoms with Crippen molar-refractivity contribution in [2.24, 2.45) is 5.41 Å². The van der Waals surface area contributed by atoms with E-state index in [0.29, 0.717) is 37.7 Å². The number of pyridine rings is 1. The van der Waals surface area contributed by atoms with Crippen LogP contribution in [0.15, 0.2) is 77.3 Å². The molecule has 1 unspecified atom stereocenters. The first-order valence-corrected chi connectivity index (χ1v) is 14.4. The van der Waals surface area contributed by atoms with Gasteiger partial charge in [-0.2, -0.15) is 0 Å². The summed E-state index contributed by atoms with van der Waals surface area (Å²) in [6.07, 6.45) is 2.76. The monoisotopic (exact) mass is 598 g/mol. The van der Waals surface area contributed by atoms with Gasteiger partial charge in [0.25, 0.3) is 5.91 Å². The van der Waals surface area contributed by atoms with E-state index in [4.69, 9.17) is 9.72 Å². The molecule has 3 saturated carbocycles. The molecule has 3 fully saturated rings. The number of nitrogens with zero attached hydrogens (tertiary/aromatic N) is 1. The molecule has 2 N–H and O–H groups in total. The SMILES string of the molecule is COc1cccc(C2CC3(C(=O)O)CCC2(NC(=O)c2c(C)c(-c4ccccc4)nc4ccc(Br)cc24)CC3)c1. The van der Waals surface area contributed by atoms with Gasteiger partial charge in [-0.3, -0.25) is 9.59 Å². The Morgan fingerprint density at radius 1 is 1.00 bits per heavy atom. The summed E-state index contributed by atoms with van der Waals surface area (Å²) in [5.41, 5.74) is 3.55. The van der Waals surface area contributed by atoms with E-state index >= 15 is 0 Å². The molecule has 7 heteroatoms. The first kappa shape index (κ1) is 26.5. The Morgan fingerprint density at radius 2 is 1.75 bits per heavy atom. The largest absolute Gasteiger partial charge is 0.497 e. The van der Waals surface area contributed by atoms with Gasteiger partial charge in [0.15, 0.2) is 0 Å². The van der Waals surface area contributed by atoms with E-state index in [1.807, 2.05) is 79.7 Å². The number of aliphatic carboxylic acids is 1. The second kappa shape index (κ2) is 10.0. The molecule has 3 aliphatic carbocycles. The summed E-state index contributed by atoms with van der Waals surface area (Å²) in [5, 5.41) is 14.5. The van der Waals surface area contributed by atoms with E-state index in [2.05, 4.69) is 21.2 Å². The highest BCUT2D eigenvalue weighted by Gasteiger charge is 2.58. The highest BCUT2D eigenvalue weighted by atomic mass is 79.9. The van der Waals surface area contributed by atoms with E-state index in [1.54, 1.807) is 7.11 Å². The fourth-order valence-electron chi connectivity index (χ4n) is 6.91. The van der Waals surface area contributed by atoms with Crippen LogP contribution < -0.4 is 10.1 Å². The van der Waals surface area contributed by atoms with Crippen molar-refractivity contribution in [3.05, 3.63) is 94.0 Å². The number of fused-ring (bicyclic) bond motifs is 4. The second-order valence-electron chi connectivity index (χ2n) is 11.2. The van der Waals surface area contributed by atoms with E-state index in [9.17, 15) is 14.7 Å². The van der Waals surface area contributed by atoms with Crippen molar-refractivity contribution >= 4 is 38.7 Å². The fourth-order valence-corrected chi connectivity index (χ4v) is 7.27. The molecule has 3 aromatic carbocycles. The minimum absolute atomic E-state index is 0.154. The molecule has 40 heavy (non-hydrogen) atoms. The highest BCUT2D eigenvalue weighted by molar-refractivity contribution is 9.10. The smallest absolute Gasteiger partial charge is 0.309 e. The predicted octanol–water partition coefficient (Wildman–Crippen LogP) is 7.28. The number of benzene rings is 3. The van der Waals surface area contributed by atoms with Crippen molar-refractivity contribution in [3.63, 3.8) is 0 Å². The van der Waals surface area contributed by atoms with Crippen LogP contribution >= 0.6 is 15.9 Å². The average molecular weight is 600 g/mol. The Kier molecular flexibility index (Phi) is 6.65. The summed E-state index contributed by atoms with van der Waals surface area (Å²) in [6.45, 7) is 1.96. The van der Waals surface area contributed by atoms with E-state index in [1.165, 1.54) is 0 Å². The van der Waals surface area contributed by atoms with Gasteiger partial charge < -0.3 is 15.2 Å². The van der Waals surface area contributed by atoms with Gasteiger partial charge in [-0.05, 0) is 80.5 Å². The van der Waals surface area contributed by atoms with Crippen LogP contribution in [0.2, 0.25) is 0 Å². The van der Waals surface area contributed by atoms with E-state index in [0.717, 1.165) is 43.5 Å². The number of aromatic nitrogens is 1. The summed E-state index contributed by atoms with van der Waals surface area (Å²) in [4.78, 5) is 31.8. The zero-order chi connectivity index (χ0) is 28.1. The molecule has 1 atom stereocenters. The van der Waals surface area contributed by atoms with Gasteiger partial charge >= 0.3 is 5.97 Å². The van der Waals surface area contributed by atoms with Crippen molar-refractivity contribution in [3.8, 4) is 17.0 Å². The summed E-state index contributed by atoms with van der Waals surface area (Å²) in [6, 6.07) is 23.6. The Bertz CT molecular complexity index is 1630. The molecule has 1 heterocycles. The number of carboxylic acids is 1. The molecule has 0 aliphatic heterocycles. The van der Waals surface area contributed by atoms with Gasteiger partial charge in [0.2, 0.25) is 0 Å². The lowest BCUT2D eigenvalue weighted by molar-refractivity contribution is -0.157. The quantitative estimate of drug-likeness (QED) is 0.243. The first-order chi connectivity index (χ1) is 19.2. The number of nitrogens with one attached hydrogen (secondary N) is 1. The molecule has 204 valence electrons. The number of methoxy groups -OCH3 is 1. The number of amides is 1. The van der Waals surface area contributed by atoms with Gasteiger partial charge in [-0.25, -0.2) is 4.98 Å². The highest BCUT2D eigenvalue weighted by Crippen LogP contribution is 2.59. The minimum atomic E-state index is -0.773. The lowest BCUT2D eigenvalue weighted by Gasteiger charge is -2.56. The number of carboxylic acid groups (broad SMARTS) is 1. The van der Waals surface area contributed by atoms with Crippen molar-refractivity contribution in [1.29, 1.82) is 0 Å². The van der Waals surface area contributed by atoms with Gasteiger partial charge in [-0.1, -0.05) is 58.4 Å². The number of rotatable bonds is 6. The Labute approximate surface area is 241 Å². The summed E-state index contributed by atoms with van der Waals surface area (Å²) >= 11 is 3.58. The zero-order valence-electron chi connectivity index (χ0n) is 22.5. The molecule has 2 bridgehead atoms. The van der Waals surface area contributed by atoms with Gasteiger partial charge in [0.05, 0.1) is 29.3 Å². The molecule has 3 aliphatic rings. The summed E-state index contributed by atoms with van der Waals surface area (Å²) in [5.74, 6) is -0.330. The molecule has 0 radical (unpaired) electrons. The predicted molar refractivity (Wildman–Crippen MR) is 159 cm³/mol. The van der Waals surface area contributed by atoms with Gasteiger partial charge in [0.1, 0.15) is 5.75 Å². The number of carbonyl (C=O) groups excluding carboxylic acids is 1. The molecule has 1 aromatic heterocycles. The lowest BCUT2D eigenvalue weighted by Crippen LogP contribution is -2.62. The van der Waals surface area contributed by atoms with E-state index in [-0.39, 0.29) is 11.8 Å². The maximum Gasteiger partial charge on any atom is 0.309 e. The molecule has 0 saturated heterocycles. The third-order valence-corrected chi connectivity index (χ3v) is 9.63. The molecular formula is C33H31BrN2O4. The summed E-state index contributed by atoms with van der Waals surface area (Å²) in [7, 11) is 1.63. The molecule has 1 amide bonds. The fraction of sp³-hybridized carbons (Fsp3) is 0.303. The maximum absolute atomic E-state index is 14.4. The second-order valence-corrected chi connectivity index (χ2v) is 12.1. The van der Waals surface area contributed by atoms with Crippen LogP contribution in [0.3, 0.4) is 0 Å². The normalized spacial score (nSPS) is 23.6. The number of hydrogen-bond acceptors (Lipinski definition) is 4. The number of hydrogen-bond donors (Lipinski definition) is 2. The van der Waals surface area contributed by atoms with Crippen LogP contribution in [0, 0.1) is 12.3 Å². The summed E-state index contributed by atoms with van der Waals surface area (Å²) < 4.78 is 6.37. The topological polar surface area (TPSA) is 88.5 Å². The molecule has 4 aromatic rings. The van der Waals surface area contributed by atoms with Crippen LogP contribution in [0.4, 0.5) is 0 Å². The standard InChI is InChI=1S/C33H31BrN2O4/c1-20-28(25-18-23(34)11-12-27(25)35-29(20)21-7-4-3-5-8-21)30(37)36-33-15-13-32(14-16-33,31(38)39)19-26(33)22-9-6-10-24(17-22)40-2/h3-12,17-18,26H,13-16,19H2,1-2H3,(H,36,37)(H,38,39). The van der Waals surface area contributed by atoms with Crippen LogP contribution in [0.25, 0.3) is 22.2 Å². The van der Waals surface area contributed by atoms with Crippen molar-refractivity contribution in [1.82, 2.24) is 10.3 Å². The molecule has 7 rings (SSSR count). The Morgan fingerprint density at radius 3 is 2.45 bits per heavy atom. The lowest BCUT2D eigenvalue weighted by atomic mass is 9.51. The number of ether oxygens (including phenoxy) is 1. The molecular weight excluding hydrogens is 568 g/mol. The van der Waals surface area contributed by atoms with Gasteiger partial charge in [0, 0.05) is 26.9 Å². The van der Waals surface area contributed by atoms with Crippen molar-refractivity contribution < 1.29 is 19.4 Å². The molecule has 6 nitrogen and oxygen atoms in total. The zero-order valence-corrected chi connectivity index (χ0v) is 24.1. The Hall–Kier alpha value is -3.71. The minimum Gasteiger partial charge on any atom is -0.497 e. The van der Waals surface area contributed by atoms with Crippen molar-refractivity contribution in [2.75, 3.05) is 7.11 Å². The average Bonchev–Trinajstić information content (AvgIpc) is 2.97. The van der Waals surface area contributed by atoms with E-state index < -0.39 is 16.9 Å². The number of carbonyl (C=O) groups is 2. The van der Waals surface area contributed by atoms with Crippen LogP contribution in [-0.4, -0.2) is 34.6 Å².